The Hall–Kier alpha value is -1.14. The van der Waals surface area contributed by atoms with Gasteiger partial charge in [0.05, 0.1) is 18.2 Å². The molecule has 0 spiro atoms. The van der Waals surface area contributed by atoms with E-state index in [0.29, 0.717) is 5.56 Å². The van der Waals surface area contributed by atoms with Crippen molar-refractivity contribution in [1.29, 1.82) is 5.26 Å². The molecule has 0 amide bonds. The molecule has 0 aliphatic heterocycles. The summed E-state index contributed by atoms with van der Waals surface area (Å²) in [5.41, 5.74) is 0.650. The van der Waals surface area contributed by atoms with Crippen LogP contribution in [0.2, 0.25) is 0 Å². The Morgan fingerprint density at radius 2 is 2.29 bits per heavy atom. The normalized spacial score (nSPS) is 11.8. The van der Waals surface area contributed by atoms with Gasteiger partial charge in [-0.1, -0.05) is 19.9 Å². The lowest BCUT2D eigenvalue weighted by Gasteiger charge is -2.09. The summed E-state index contributed by atoms with van der Waals surface area (Å²) in [6.45, 7) is 5.18. The lowest BCUT2D eigenvalue weighted by molar-refractivity contribution is 0.318. The van der Waals surface area contributed by atoms with Crippen LogP contribution in [0.4, 0.5) is 0 Å². The Balaban J connectivity index is 2.20. The first-order chi connectivity index (χ1) is 8.26. The van der Waals surface area contributed by atoms with Gasteiger partial charge >= 0.3 is 0 Å². The van der Waals surface area contributed by atoms with E-state index in [9.17, 15) is 0 Å². The Morgan fingerprint density at radius 1 is 1.47 bits per heavy atom. The molecule has 0 bridgehead atoms. The molecule has 0 saturated heterocycles. The SMILES string of the molecule is CCC(C)SCCCOc1cccc(C#N)c1. The molecule has 0 N–H and O–H groups in total. The van der Waals surface area contributed by atoms with Gasteiger partial charge in [0.1, 0.15) is 5.75 Å². The summed E-state index contributed by atoms with van der Waals surface area (Å²) in [5, 5.41) is 9.48. The third-order valence-corrected chi connectivity index (χ3v) is 3.92. The Kier molecular flexibility index (Phi) is 6.57. The number of ether oxygens (including phenoxy) is 1. The van der Waals surface area contributed by atoms with Crippen molar-refractivity contribution in [2.75, 3.05) is 12.4 Å². The fourth-order valence-electron chi connectivity index (χ4n) is 1.31. The van der Waals surface area contributed by atoms with Gasteiger partial charge < -0.3 is 4.74 Å². The zero-order chi connectivity index (χ0) is 12.5. The summed E-state index contributed by atoms with van der Waals surface area (Å²) in [7, 11) is 0. The first-order valence-electron chi connectivity index (χ1n) is 6.00. The first kappa shape index (κ1) is 13.9. The van der Waals surface area contributed by atoms with Gasteiger partial charge in [-0.2, -0.15) is 17.0 Å². The van der Waals surface area contributed by atoms with Gasteiger partial charge in [0.25, 0.3) is 0 Å². The van der Waals surface area contributed by atoms with Crippen molar-refractivity contribution in [2.45, 2.75) is 31.9 Å². The molecule has 0 heterocycles. The lowest BCUT2D eigenvalue weighted by atomic mass is 10.2. The highest BCUT2D eigenvalue weighted by Crippen LogP contribution is 2.16. The van der Waals surface area contributed by atoms with Crippen LogP contribution in [0.3, 0.4) is 0 Å². The molecule has 1 rings (SSSR count). The topological polar surface area (TPSA) is 33.0 Å². The van der Waals surface area contributed by atoms with Crippen molar-refractivity contribution in [1.82, 2.24) is 0 Å². The first-order valence-corrected chi connectivity index (χ1v) is 7.05. The number of rotatable bonds is 7. The fraction of sp³-hybridized carbons (Fsp3) is 0.500. The largest absolute Gasteiger partial charge is 0.494 e. The van der Waals surface area contributed by atoms with E-state index in [-0.39, 0.29) is 0 Å². The van der Waals surface area contributed by atoms with E-state index in [4.69, 9.17) is 10.00 Å². The molecule has 1 aromatic carbocycles. The zero-order valence-electron chi connectivity index (χ0n) is 10.5. The molecule has 0 aromatic heterocycles. The highest BCUT2D eigenvalue weighted by Gasteiger charge is 1.99. The van der Waals surface area contributed by atoms with Crippen molar-refractivity contribution >= 4 is 11.8 Å². The van der Waals surface area contributed by atoms with Crippen LogP contribution in [0.1, 0.15) is 32.3 Å². The summed E-state index contributed by atoms with van der Waals surface area (Å²) in [4.78, 5) is 0. The van der Waals surface area contributed by atoms with Gasteiger partial charge in [-0.05, 0) is 36.8 Å². The van der Waals surface area contributed by atoms with Gasteiger partial charge in [-0.3, -0.25) is 0 Å². The fourth-order valence-corrected chi connectivity index (χ4v) is 2.23. The molecule has 1 atom stereocenters. The predicted octanol–water partition coefficient (Wildman–Crippen LogP) is 3.86. The van der Waals surface area contributed by atoms with Crippen LogP contribution in [0.25, 0.3) is 0 Å². The van der Waals surface area contributed by atoms with Crippen LogP contribution in [0.5, 0.6) is 5.75 Å². The van der Waals surface area contributed by atoms with Crippen molar-refractivity contribution in [3.63, 3.8) is 0 Å². The second-order valence-electron chi connectivity index (χ2n) is 3.93. The summed E-state index contributed by atoms with van der Waals surface area (Å²) < 4.78 is 5.60. The minimum Gasteiger partial charge on any atom is -0.494 e. The number of nitriles is 1. The standard InChI is InChI=1S/C14H19NOS/c1-3-12(2)17-9-5-8-16-14-7-4-6-13(10-14)11-15/h4,6-7,10,12H,3,5,8-9H2,1-2H3. The molecule has 92 valence electrons. The van der Waals surface area contributed by atoms with Crippen molar-refractivity contribution in [3.05, 3.63) is 29.8 Å². The third kappa shape index (κ3) is 5.65. The molecule has 0 aliphatic carbocycles. The number of nitrogens with zero attached hydrogens (tertiary/aromatic N) is 1. The van der Waals surface area contributed by atoms with E-state index in [1.54, 1.807) is 12.1 Å². The molecule has 3 heteroatoms. The maximum Gasteiger partial charge on any atom is 0.120 e. The predicted molar refractivity (Wildman–Crippen MR) is 73.5 cm³/mol. The van der Waals surface area contributed by atoms with Gasteiger partial charge in [0.2, 0.25) is 0 Å². The molecule has 17 heavy (non-hydrogen) atoms. The van der Waals surface area contributed by atoms with Crippen LogP contribution in [-0.4, -0.2) is 17.6 Å². The van der Waals surface area contributed by atoms with E-state index in [2.05, 4.69) is 19.9 Å². The van der Waals surface area contributed by atoms with Crippen LogP contribution >= 0.6 is 11.8 Å². The van der Waals surface area contributed by atoms with E-state index in [1.807, 2.05) is 23.9 Å². The van der Waals surface area contributed by atoms with Gasteiger partial charge in [-0.25, -0.2) is 0 Å². The lowest BCUT2D eigenvalue weighted by Crippen LogP contribution is -2.01. The number of thioether (sulfide) groups is 1. The highest BCUT2D eigenvalue weighted by atomic mass is 32.2. The van der Waals surface area contributed by atoms with Crippen molar-refractivity contribution in [2.24, 2.45) is 0 Å². The van der Waals surface area contributed by atoms with E-state index >= 15 is 0 Å². The van der Waals surface area contributed by atoms with Gasteiger partial charge in [-0.15, -0.1) is 0 Å². The van der Waals surface area contributed by atoms with Gasteiger partial charge in [0.15, 0.2) is 0 Å². The van der Waals surface area contributed by atoms with Crippen LogP contribution in [0, 0.1) is 11.3 Å². The second-order valence-corrected chi connectivity index (χ2v) is 5.48. The summed E-state index contributed by atoms with van der Waals surface area (Å²) in [5.74, 6) is 1.92. The Labute approximate surface area is 108 Å². The molecule has 0 fully saturated rings. The highest BCUT2D eigenvalue weighted by molar-refractivity contribution is 7.99. The summed E-state index contributed by atoms with van der Waals surface area (Å²) in [6.07, 6.45) is 2.27. The number of benzene rings is 1. The van der Waals surface area contributed by atoms with Crippen molar-refractivity contribution < 1.29 is 4.74 Å². The van der Waals surface area contributed by atoms with E-state index in [0.717, 1.165) is 29.8 Å². The minimum absolute atomic E-state index is 0.650. The van der Waals surface area contributed by atoms with Crippen LogP contribution in [-0.2, 0) is 0 Å². The molecule has 1 unspecified atom stereocenters. The minimum atomic E-state index is 0.650. The third-order valence-electron chi connectivity index (χ3n) is 2.50. The quantitative estimate of drug-likeness (QED) is 0.688. The Morgan fingerprint density at radius 3 is 3.00 bits per heavy atom. The molecule has 0 radical (unpaired) electrons. The maximum absolute atomic E-state index is 8.75. The van der Waals surface area contributed by atoms with E-state index in [1.165, 1.54) is 6.42 Å². The molecule has 0 saturated carbocycles. The zero-order valence-corrected chi connectivity index (χ0v) is 11.3. The molecule has 2 nitrogen and oxygen atoms in total. The average Bonchev–Trinajstić information content (AvgIpc) is 2.38. The van der Waals surface area contributed by atoms with Crippen LogP contribution in [0.15, 0.2) is 24.3 Å². The van der Waals surface area contributed by atoms with E-state index < -0.39 is 0 Å². The Bertz CT molecular complexity index is 373. The van der Waals surface area contributed by atoms with Crippen molar-refractivity contribution in [3.8, 4) is 11.8 Å². The number of hydrogen-bond acceptors (Lipinski definition) is 3. The number of hydrogen-bond donors (Lipinski definition) is 0. The van der Waals surface area contributed by atoms with Crippen LogP contribution < -0.4 is 4.74 Å². The smallest absolute Gasteiger partial charge is 0.120 e. The monoisotopic (exact) mass is 249 g/mol. The molecule has 1 aromatic rings. The summed E-state index contributed by atoms with van der Waals surface area (Å²) in [6, 6.07) is 9.41. The summed E-state index contributed by atoms with van der Waals surface area (Å²) >= 11 is 1.99. The molecule has 0 aliphatic rings. The van der Waals surface area contributed by atoms with Gasteiger partial charge in [0, 0.05) is 5.25 Å². The second kappa shape index (κ2) is 8.03. The molecular weight excluding hydrogens is 230 g/mol. The maximum atomic E-state index is 8.75. The molecular formula is C14H19NOS. The average molecular weight is 249 g/mol.